The topological polar surface area (TPSA) is 96.2 Å². The molecule has 166 valence electrons. The average molecular weight is 445 g/mol. The van der Waals surface area contributed by atoms with Gasteiger partial charge in [-0.3, -0.25) is 4.68 Å². The summed E-state index contributed by atoms with van der Waals surface area (Å²) in [4.78, 5) is 8.67. The fourth-order valence-electron chi connectivity index (χ4n) is 3.06. The normalized spacial score (nSPS) is 11.9. The molecule has 0 aliphatic heterocycles. The lowest BCUT2D eigenvalue weighted by molar-refractivity contribution is 0.285. The van der Waals surface area contributed by atoms with E-state index in [-0.39, 0.29) is 29.6 Å². The van der Waals surface area contributed by atoms with Crippen LogP contribution in [-0.4, -0.2) is 41.5 Å². The van der Waals surface area contributed by atoms with Gasteiger partial charge in [0.2, 0.25) is 15.7 Å². The third-order valence-electron chi connectivity index (χ3n) is 4.74. The number of hydrogen-bond donors (Lipinski definition) is 0. The van der Waals surface area contributed by atoms with Gasteiger partial charge in [0.05, 0.1) is 19.0 Å². The van der Waals surface area contributed by atoms with Crippen LogP contribution in [0.25, 0.3) is 11.3 Å². The monoisotopic (exact) mass is 444 g/mol. The standard InChI is InChI=1S/C22H28N4O4S/c1-14(2)19-20(17-11-23-26(12-17)15(3)4)24-22(31(6,27)28)25-21(19)30-13-16-7-9-18(29-5)10-8-16/h7-12,14-15H,13H2,1-6H3. The first-order valence-electron chi connectivity index (χ1n) is 10.0. The molecule has 0 aliphatic rings. The van der Waals surface area contributed by atoms with Gasteiger partial charge in [-0.1, -0.05) is 26.0 Å². The molecule has 0 spiro atoms. The molecule has 0 saturated carbocycles. The minimum Gasteiger partial charge on any atom is -0.497 e. The van der Waals surface area contributed by atoms with Crippen molar-refractivity contribution in [1.82, 2.24) is 19.7 Å². The third kappa shape index (κ3) is 5.22. The van der Waals surface area contributed by atoms with Crippen LogP contribution in [0.2, 0.25) is 0 Å². The molecule has 0 bridgehead atoms. The molecule has 0 radical (unpaired) electrons. The van der Waals surface area contributed by atoms with E-state index in [1.165, 1.54) is 0 Å². The Labute approximate surface area is 183 Å². The summed E-state index contributed by atoms with van der Waals surface area (Å²) < 4.78 is 37.6. The van der Waals surface area contributed by atoms with Crippen molar-refractivity contribution in [3.8, 4) is 22.9 Å². The number of aromatic nitrogens is 4. The average Bonchev–Trinajstić information content (AvgIpc) is 3.21. The molecule has 8 nitrogen and oxygen atoms in total. The van der Waals surface area contributed by atoms with Crippen molar-refractivity contribution < 1.29 is 17.9 Å². The predicted octanol–water partition coefficient (Wildman–Crippen LogP) is 4.04. The van der Waals surface area contributed by atoms with E-state index < -0.39 is 9.84 Å². The zero-order valence-corrected chi connectivity index (χ0v) is 19.5. The number of nitrogens with zero attached hydrogens (tertiary/aromatic N) is 4. The Morgan fingerprint density at radius 2 is 1.74 bits per heavy atom. The van der Waals surface area contributed by atoms with Gasteiger partial charge >= 0.3 is 0 Å². The molecule has 3 rings (SSSR count). The first kappa shape index (κ1) is 22.7. The van der Waals surface area contributed by atoms with Gasteiger partial charge < -0.3 is 9.47 Å². The number of hydrogen-bond acceptors (Lipinski definition) is 7. The molecule has 0 saturated heterocycles. The summed E-state index contributed by atoms with van der Waals surface area (Å²) in [6.07, 6.45) is 4.64. The molecule has 2 heterocycles. The maximum absolute atomic E-state index is 12.3. The van der Waals surface area contributed by atoms with Gasteiger partial charge in [0, 0.05) is 29.6 Å². The van der Waals surface area contributed by atoms with Crippen LogP contribution in [0.1, 0.15) is 50.8 Å². The van der Waals surface area contributed by atoms with Crippen LogP contribution in [0.15, 0.2) is 41.8 Å². The van der Waals surface area contributed by atoms with E-state index in [0.717, 1.165) is 28.7 Å². The molecule has 31 heavy (non-hydrogen) atoms. The minimum absolute atomic E-state index is 0.00289. The lowest BCUT2D eigenvalue weighted by atomic mass is 9.99. The molecular formula is C22H28N4O4S. The van der Waals surface area contributed by atoms with Crippen LogP contribution in [0, 0.1) is 0 Å². The Morgan fingerprint density at radius 1 is 1.06 bits per heavy atom. The quantitative estimate of drug-likeness (QED) is 0.484. The fourth-order valence-corrected chi connectivity index (χ4v) is 3.57. The number of ether oxygens (including phenoxy) is 2. The Bertz CT molecular complexity index is 1150. The SMILES string of the molecule is COc1ccc(COc2nc(S(C)(=O)=O)nc(-c3cnn(C(C)C)c3)c2C(C)C)cc1. The van der Waals surface area contributed by atoms with Crippen molar-refractivity contribution >= 4 is 9.84 Å². The molecule has 1 aromatic carbocycles. The second-order valence-corrected chi connectivity index (χ2v) is 9.85. The van der Waals surface area contributed by atoms with E-state index >= 15 is 0 Å². The van der Waals surface area contributed by atoms with Gasteiger partial charge in [0.1, 0.15) is 12.4 Å². The fraction of sp³-hybridized carbons (Fsp3) is 0.409. The van der Waals surface area contributed by atoms with Gasteiger partial charge in [-0.05, 0) is 37.5 Å². The van der Waals surface area contributed by atoms with Crippen molar-refractivity contribution in [2.75, 3.05) is 13.4 Å². The Hall–Kier alpha value is -2.94. The molecule has 2 aromatic heterocycles. The van der Waals surface area contributed by atoms with Gasteiger partial charge in [-0.2, -0.15) is 10.1 Å². The summed E-state index contributed by atoms with van der Waals surface area (Å²) in [6.45, 7) is 8.26. The first-order chi connectivity index (χ1) is 14.6. The number of rotatable bonds is 8. The summed E-state index contributed by atoms with van der Waals surface area (Å²) in [7, 11) is -2.04. The van der Waals surface area contributed by atoms with E-state index in [2.05, 4.69) is 15.1 Å². The van der Waals surface area contributed by atoms with Crippen LogP contribution < -0.4 is 9.47 Å². The molecule has 0 aliphatic carbocycles. The summed E-state index contributed by atoms with van der Waals surface area (Å²) in [5.41, 5.74) is 2.88. The lowest BCUT2D eigenvalue weighted by Crippen LogP contribution is -2.12. The summed E-state index contributed by atoms with van der Waals surface area (Å²) in [5, 5.41) is 4.11. The Kier molecular flexibility index (Phi) is 6.64. The molecule has 0 atom stereocenters. The molecule has 0 fully saturated rings. The van der Waals surface area contributed by atoms with Crippen LogP contribution in [-0.2, 0) is 16.4 Å². The third-order valence-corrected chi connectivity index (χ3v) is 5.58. The van der Waals surface area contributed by atoms with Gasteiger partial charge in [-0.15, -0.1) is 0 Å². The zero-order valence-electron chi connectivity index (χ0n) is 18.7. The zero-order chi connectivity index (χ0) is 22.8. The van der Waals surface area contributed by atoms with E-state index in [1.807, 2.05) is 58.2 Å². The van der Waals surface area contributed by atoms with E-state index in [1.54, 1.807) is 18.0 Å². The Morgan fingerprint density at radius 3 is 2.26 bits per heavy atom. The van der Waals surface area contributed by atoms with Gasteiger partial charge in [0.15, 0.2) is 0 Å². The lowest BCUT2D eigenvalue weighted by Gasteiger charge is -2.17. The number of sulfone groups is 1. The van der Waals surface area contributed by atoms with Crippen LogP contribution in [0.5, 0.6) is 11.6 Å². The van der Waals surface area contributed by atoms with Crippen LogP contribution in [0.3, 0.4) is 0 Å². The van der Waals surface area contributed by atoms with Gasteiger partial charge in [0.25, 0.3) is 5.16 Å². The highest BCUT2D eigenvalue weighted by atomic mass is 32.2. The second-order valence-electron chi connectivity index (χ2n) is 7.94. The highest BCUT2D eigenvalue weighted by molar-refractivity contribution is 7.90. The van der Waals surface area contributed by atoms with E-state index in [9.17, 15) is 8.42 Å². The molecule has 3 aromatic rings. The highest BCUT2D eigenvalue weighted by Gasteiger charge is 2.24. The second kappa shape index (κ2) is 9.05. The van der Waals surface area contributed by atoms with Crippen LogP contribution in [0.4, 0.5) is 0 Å². The minimum atomic E-state index is -3.65. The molecule has 0 N–H and O–H groups in total. The van der Waals surface area contributed by atoms with E-state index in [0.29, 0.717) is 5.69 Å². The summed E-state index contributed by atoms with van der Waals surface area (Å²) in [5.74, 6) is 1.00. The van der Waals surface area contributed by atoms with Gasteiger partial charge in [-0.25, -0.2) is 13.4 Å². The van der Waals surface area contributed by atoms with Crippen molar-refractivity contribution in [2.45, 2.75) is 51.4 Å². The first-order valence-corrected chi connectivity index (χ1v) is 11.9. The number of benzene rings is 1. The van der Waals surface area contributed by atoms with Crippen molar-refractivity contribution in [1.29, 1.82) is 0 Å². The maximum Gasteiger partial charge on any atom is 0.250 e. The largest absolute Gasteiger partial charge is 0.497 e. The molecule has 0 unspecified atom stereocenters. The smallest absolute Gasteiger partial charge is 0.250 e. The summed E-state index contributed by atoms with van der Waals surface area (Å²) >= 11 is 0. The van der Waals surface area contributed by atoms with Crippen molar-refractivity contribution in [3.63, 3.8) is 0 Å². The molecule has 0 amide bonds. The van der Waals surface area contributed by atoms with Crippen molar-refractivity contribution in [2.24, 2.45) is 0 Å². The van der Waals surface area contributed by atoms with E-state index in [4.69, 9.17) is 9.47 Å². The summed E-state index contributed by atoms with van der Waals surface area (Å²) in [6, 6.07) is 7.63. The Balaban J connectivity index is 2.09. The highest BCUT2D eigenvalue weighted by Crippen LogP contribution is 2.35. The molecular weight excluding hydrogens is 416 g/mol. The maximum atomic E-state index is 12.3. The predicted molar refractivity (Wildman–Crippen MR) is 118 cm³/mol. The number of methoxy groups -OCH3 is 1. The molecule has 9 heteroatoms. The van der Waals surface area contributed by atoms with Crippen molar-refractivity contribution in [3.05, 3.63) is 47.8 Å². The van der Waals surface area contributed by atoms with Crippen LogP contribution >= 0.6 is 0 Å².